The number of hydrogen-bond donors (Lipinski definition) is 1. The monoisotopic (exact) mass is 246 g/mol. The predicted octanol–water partition coefficient (Wildman–Crippen LogP) is 1.73. The molecule has 0 aliphatic rings. The third-order valence-electron chi connectivity index (χ3n) is 2.64. The van der Waals surface area contributed by atoms with Gasteiger partial charge in [-0.05, 0) is 38.2 Å². The highest BCUT2D eigenvalue weighted by molar-refractivity contribution is 5.36. The molecule has 96 valence electrons. The topological polar surface area (TPSA) is 54.2 Å². The first-order chi connectivity index (χ1) is 8.69. The number of aryl methyl sites for hydroxylation is 1. The molecular formula is C13H18N4O. The number of nitrogens with one attached hydrogen (secondary N) is 1. The van der Waals surface area contributed by atoms with E-state index in [1.165, 1.54) is 0 Å². The third kappa shape index (κ3) is 3.07. The lowest BCUT2D eigenvalue weighted by atomic mass is 10.3. The maximum absolute atomic E-state index is 5.54. The van der Waals surface area contributed by atoms with E-state index in [0.717, 1.165) is 29.6 Å². The van der Waals surface area contributed by atoms with Crippen LogP contribution >= 0.6 is 0 Å². The molecular weight excluding hydrogens is 228 g/mol. The van der Waals surface area contributed by atoms with Crippen molar-refractivity contribution >= 4 is 5.82 Å². The Balaban J connectivity index is 2.02. The second-order valence-electron chi connectivity index (χ2n) is 4.28. The molecule has 0 unspecified atom stereocenters. The van der Waals surface area contributed by atoms with Gasteiger partial charge in [0.05, 0.1) is 12.2 Å². The highest BCUT2D eigenvalue weighted by atomic mass is 16.3. The number of hydrogen-bond acceptors (Lipinski definition) is 5. The Bertz CT molecular complexity index is 492. The van der Waals surface area contributed by atoms with E-state index in [4.69, 9.17) is 4.42 Å². The van der Waals surface area contributed by atoms with E-state index >= 15 is 0 Å². The van der Waals surface area contributed by atoms with Crippen LogP contribution in [0.1, 0.15) is 17.2 Å². The van der Waals surface area contributed by atoms with Crippen molar-refractivity contribution in [1.82, 2.24) is 15.5 Å². The summed E-state index contributed by atoms with van der Waals surface area (Å²) in [5.41, 5.74) is 0.934. The summed E-state index contributed by atoms with van der Waals surface area (Å²) >= 11 is 0. The summed E-state index contributed by atoms with van der Waals surface area (Å²) < 4.78 is 5.54. The zero-order valence-electron chi connectivity index (χ0n) is 11.0. The average molecular weight is 246 g/mol. The zero-order chi connectivity index (χ0) is 13.0. The van der Waals surface area contributed by atoms with Gasteiger partial charge in [-0.25, -0.2) is 0 Å². The Morgan fingerprint density at radius 1 is 1.22 bits per heavy atom. The third-order valence-corrected chi connectivity index (χ3v) is 2.64. The first-order valence-corrected chi connectivity index (χ1v) is 5.92. The summed E-state index contributed by atoms with van der Waals surface area (Å²) in [5.74, 6) is 2.69. The predicted molar refractivity (Wildman–Crippen MR) is 70.3 cm³/mol. The van der Waals surface area contributed by atoms with Crippen LogP contribution in [0.3, 0.4) is 0 Å². The number of rotatable bonds is 5. The SMILES string of the molecule is CNCc1ccc(N(C)Cc2ccc(C)o2)nn1. The fourth-order valence-corrected chi connectivity index (χ4v) is 1.72. The highest BCUT2D eigenvalue weighted by Crippen LogP contribution is 2.13. The first kappa shape index (κ1) is 12.6. The number of furan rings is 1. The van der Waals surface area contributed by atoms with Crippen LogP contribution in [-0.2, 0) is 13.1 Å². The van der Waals surface area contributed by atoms with Crippen LogP contribution in [0.5, 0.6) is 0 Å². The van der Waals surface area contributed by atoms with Gasteiger partial charge < -0.3 is 14.6 Å². The molecule has 0 spiro atoms. The summed E-state index contributed by atoms with van der Waals surface area (Å²) in [4.78, 5) is 2.01. The van der Waals surface area contributed by atoms with Crippen LogP contribution in [0, 0.1) is 6.92 Å². The van der Waals surface area contributed by atoms with Crippen molar-refractivity contribution in [3.63, 3.8) is 0 Å². The van der Waals surface area contributed by atoms with Crippen molar-refractivity contribution in [2.45, 2.75) is 20.0 Å². The standard InChI is InChI=1S/C13H18N4O/c1-10-4-6-12(18-10)9-17(3)13-7-5-11(8-14-2)15-16-13/h4-7,14H,8-9H2,1-3H3. The van der Waals surface area contributed by atoms with Crippen LogP contribution in [0.25, 0.3) is 0 Å². The molecule has 0 fully saturated rings. The number of aromatic nitrogens is 2. The molecule has 18 heavy (non-hydrogen) atoms. The molecule has 0 aromatic carbocycles. The molecule has 2 aromatic heterocycles. The second kappa shape index (κ2) is 5.64. The fourth-order valence-electron chi connectivity index (χ4n) is 1.72. The van der Waals surface area contributed by atoms with Gasteiger partial charge in [0.25, 0.3) is 0 Å². The van der Waals surface area contributed by atoms with Gasteiger partial charge in [-0.15, -0.1) is 5.10 Å². The highest BCUT2D eigenvalue weighted by Gasteiger charge is 2.07. The van der Waals surface area contributed by atoms with Gasteiger partial charge in [-0.3, -0.25) is 0 Å². The maximum atomic E-state index is 5.54. The molecule has 0 saturated carbocycles. The van der Waals surface area contributed by atoms with Crippen LogP contribution in [0.4, 0.5) is 5.82 Å². The van der Waals surface area contributed by atoms with Gasteiger partial charge in [0.15, 0.2) is 5.82 Å². The lowest BCUT2D eigenvalue weighted by Gasteiger charge is -2.16. The summed E-state index contributed by atoms with van der Waals surface area (Å²) in [6.07, 6.45) is 0. The van der Waals surface area contributed by atoms with Gasteiger partial charge in [0.2, 0.25) is 0 Å². The molecule has 0 radical (unpaired) electrons. The van der Waals surface area contributed by atoms with Crippen LogP contribution in [0.2, 0.25) is 0 Å². The molecule has 0 aliphatic carbocycles. The summed E-state index contributed by atoms with van der Waals surface area (Å²) in [5, 5.41) is 11.4. The smallest absolute Gasteiger partial charge is 0.151 e. The molecule has 0 amide bonds. The fraction of sp³-hybridized carbons (Fsp3) is 0.385. The minimum atomic E-state index is 0.688. The molecule has 0 aliphatic heterocycles. The Labute approximate surface area is 107 Å². The molecule has 2 rings (SSSR count). The Morgan fingerprint density at radius 2 is 2.06 bits per heavy atom. The molecule has 0 bridgehead atoms. The molecule has 0 saturated heterocycles. The summed E-state index contributed by atoms with van der Waals surface area (Å²) in [6.45, 7) is 3.36. The van der Waals surface area contributed by atoms with E-state index in [9.17, 15) is 0 Å². The Morgan fingerprint density at radius 3 is 2.61 bits per heavy atom. The average Bonchev–Trinajstić information content (AvgIpc) is 2.76. The van der Waals surface area contributed by atoms with E-state index in [2.05, 4.69) is 15.5 Å². The summed E-state index contributed by atoms with van der Waals surface area (Å²) in [7, 11) is 3.86. The molecule has 2 heterocycles. The normalized spacial score (nSPS) is 10.6. The molecule has 1 N–H and O–H groups in total. The minimum absolute atomic E-state index is 0.688. The maximum Gasteiger partial charge on any atom is 0.151 e. The number of anilines is 1. The molecule has 5 heteroatoms. The Hall–Kier alpha value is -1.88. The van der Waals surface area contributed by atoms with Crippen LogP contribution in [0.15, 0.2) is 28.7 Å². The van der Waals surface area contributed by atoms with Gasteiger partial charge in [-0.2, -0.15) is 5.10 Å². The van der Waals surface area contributed by atoms with Gasteiger partial charge in [0, 0.05) is 13.6 Å². The lowest BCUT2D eigenvalue weighted by Crippen LogP contribution is -2.18. The second-order valence-corrected chi connectivity index (χ2v) is 4.28. The summed E-state index contributed by atoms with van der Waals surface area (Å²) in [6, 6.07) is 7.89. The van der Waals surface area contributed by atoms with Crippen molar-refractivity contribution in [3.05, 3.63) is 41.5 Å². The molecule has 2 aromatic rings. The van der Waals surface area contributed by atoms with Crippen molar-refractivity contribution in [2.75, 3.05) is 19.0 Å². The van der Waals surface area contributed by atoms with Crippen molar-refractivity contribution < 1.29 is 4.42 Å². The first-order valence-electron chi connectivity index (χ1n) is 5.92. The van der Waals surface area contributed by atoms with Gasteiger partial charge >= 0.3 is 0 Å². The molecule has 0 atom stereocenters. The largest absolute Gasteiger partial charge is 0.464 e. The number of nitrogens with zero attached hydrogens (tertiary/aromatic N) is 3. The van der Waals surface area contributed by atoms with Gasteiger partial charge in [0.1, 0.15) is 11.5 Å². The molecule has 5 nitrogen and oxygen atoms in total. The lowest BCUT2D eigenvalue weighted by molar-refractivity contribution is 0.481. The van der Waals surface area contributed by atoms with E-state index < -0.39 is 0 Å². The van der Waals surface area contributed by atoms with Crippen molar-refractivity contribution in [1.29, 1.82) is 0 Å². The van der Waals surface area contributed by atoms with Crippen molar-refractivity contribution in [3.8, 4) is 0 Å². The van der Waals surface area contributed by atoms with E-state index in [0.29, 0.717) is 6.54 Å². The van der Waals surface area contributed by atoms with E-state index in [1.807, 2.05) is 50.2 Å². The van der Waals surface area contributed by atoms with E-state index in [1.54, 1.807) is 0 Å². The van der Waals surface area contributed by atoms with Crippen LogP contribution < -0.4 is 10.2 Å². The Kier molecular flexibility index (Phi) is 3.94. The van der Waals surface area contributed by atoms with Crippen molar-refractivity contribution in [2.24, 2.45) is 0 Å². The van der Waals surface area contributed by atoms with Gasteiger partial charge in [-0.1, -0.05) is 0 Å². The minimum Gasteiger partial charge on any atom is -0.464 e. The zero-order valence-corrected chi connectivity index (χ0v) is 11.0. The quantitative estimate of drug-likeness (QED) is 0.870. The van der Waals surface area contributed by atoms with E-state index in [-0.39, 0.29) is 0 Å². The van der Waals surface area contributed by atoms with Crippen LogP contribution in [-0.4, -0.2) is 24.3 Å².